The fraction of sp³-hybridized carbons (Fsp3) is 0.250. The summed E-state index contributed by atoms with van der Waals surface area (Å²) in [5.74, 6) is -0.150. The van der Waals surface area contributed by atoms with Crippen molar-refractivity contribution < 1.29 is 18.0 Å². The number of benzene rings is 1. The lowest BCUT2D eigenvalue weighted by atomic mass is 10.2. The number of pyridine rings is 1. The molecule has 0 saturated heterocycles. The zero-order valence-corrected chi connectivity index (χ0v) is 13.2. The van der Waals surface area contributed by atoms with Gasteiger partial charge in [0.15, 0.2) is 0 Å². The van der Waals surface area contributed by atoms with Crippen LogP contribution in [0.4, 0.5) is 24.7 Å². The summed E-state index contributed by atoms with van der Waals surface area (Å²) in [5, 5.41) is 2.52. The molecule has 1 aromatic carbocycles. The van der Waals surface area contributed by atoms with Crippen molar-refractivity contribution in [3.8, 4) is 0 Å². The SMILES string of the molecule is O=C(CNc1ncc(C(F)(F)F)cc1Cl)N1CCc2ccccc21. The largest absolute Gasteiger partial charge is 0.417 e. The molecule has 0 bridgehead atoms. The van der Waals surface area contributed by atoms with E-state index in [9.17, 15) is 18.0 Å². The number of amides is 1. The van der Waals surface area contributed by atoms with Crippen LogP contribution < -0.4 is 10.2 Å². The minimum Gasteiger partial charge on any atom is -0.360 e. The molecule has 0 aliphatic carbocycles. The standard InChI is InChI=1S/C16H13ClF3N3O/c17-12-7-11(16(18,19)20)8-21-15(12)22-9-14(24)23-6-5-10-3-1-2-4-13(10)23/h1-4,7-8H,5-6,9H2,(H,21,22). The van der Waals surface area contributed by atoms with Crippen molar-refractivity contribution in [3.63, 3.8) is 0 Å². The average molecular weight is 356 g/mol. The van der Waals surface area contributed by atoms with Crippen molar-refractivity contribution in [2.45, 2.75) is 12.6 Å². The Hall–Kier alpha value is -2.28. The topological polar surface area (TPSA) is 45.2 Å². The molecular formula is C16H13ClF3N3O. The lowest BCUT2D eigenvalue weighted by Gasteiger charge is -2.18. The summed E-state index contributed by atoms with van der Waals surface area (Å²) in [6.45, 7) is 0.473. The Morgan fingerprint density at radius 3 is 2.79 bits per heavy atom. The number of hydrogen-bond acceptors (Lipinski definition) is 3. The quantitative estimate of drug-likeness (QED) is 0.912. The predicted octanol–water partition coefficient (Wildman–Crippen LogP) is 3.76. The minimum absolute atomic E-state index is 0.0468. The Morgan fingerprint density at radius 1 is 1.33 bits per heavy atom. The molecule has 0 spiro atoms. The number of para-hydroxylation sites is 1. The Labute approximate surface area is 141 Å². The van der Waals surface area contributed by atoms with Gasteiger partial charge in [0.2, 0.25) is 5.91 Å². The molecule has 2 heterocycles. The van der Waals surface area contributed by atoms with Crippen molar-refractivity contribution in [2.24, 2.45) is 0 Å². The van der Waals surface area contributed by atoms with E-state index in [4.69, 9.17) is 11.6 Å². The summed E-state index contributed by atoms with van der Waals surface area (Å²) in [5.41, 5.74) is 1.02. The average Bonchev–Trinajstić information content (AvgIpc) is 2.96. The van der Waals surface area contributed by atoms with Crippen molar-refractivity contribution in [1.29, 1.82) is 0 Å². The molecule has 1 amide bonds. The van der Waals surface area contributed by atoms with E-state index in [0.29, 0.717) is 12.7 Å². The van der Waals surface area contributed by atoms with Gasteiger partial charge in [0.05, 0.1) is 17.1 Å². The number of hydrogen-bond donors (Lipinski definition) is 1. The van der Waals surface area contributed by atoms with Gasteiger partial charge < -0.3 is 10.2 Å². The third-order valence-electron chi connectivity index (χ3n) is 3.76. The van der Waals surface area contributed by atoms with Gasteiger partial charge in [-0.2, -0.15) is 13.2 Å². The van der Waals surface area contributed by atoms with Gasteiger partial charge in [-0.05, 0) is 24.1 Å². The molecular weight excluding hydrogens is 343 g/mol. The number of rotatable bonds is 3. The Kier molecular flexibility index (Phi) is 4.36. The maximum Gasteiger partial charge on any atom is 0.417 e. The van der Waals surface area contributed by atoms with Gasteiger partial charge in [0.1, 0.15) is 5.82 Å². The van der Waals surface area contributed by atoms with Gasteiger partial charge in [-0.1, -0.05) is 29.8 Å². The lowest BCUT2D eigenvalue weighted by Crippen LogP contribution is -2.34. The van der Waals surface area contributed by atoms with E-state index < -0.39 is 11.7 Å². The molecule has 0 saturated carbocycles. The highest BCUT2D eigenvalue weighted by Gasteiger charge is 2.31. The van der Waals surface area contributed by atoms with Crippen LogP contribution >= 0.6 is 11.6 Å². The summed E-state index contributed by atoms with van der Waals surface area (Å²) in [4.78, 5) is 17.6. The Morgan fingerprint density at radius 2 is 2.08 bits per heavy atom. The van der Waals surface area contributed by atoms with Crippen LogP contribution in [0.15, 0.2) is 36.5 Å². The smallest absolute Gasteiger partial charge is 0.360 e. The first-order chi connectivity index (χ1) is 11.4. The Balaban J connectivity index is 1.67. The Bertz CT molecular complexity index is 779. The van der Waals surface area contributed by atoms with Crippen LogP contribution in [-0.4, -0.2) is 24.0 Å². The summed E-state index contributed by atoms with van der Waals surface area (Å²) < 4.78 is 37.7. The minimum atomic E-state index is -4.51. The number of aromatic nitrogens is 1. The van der Waals surface area contributed by atoms with E-state index >= 15 is 0 Å². The molecule has 1 aromatic heterocycles. The molecule has 0 radical (unpaired) electrons. The molecule has 4 nitrogen and oxygen atoms in total. The molecule has 0 unspecified atom stereocenters. The first-order valence-corrected chi connectivity index (χ1v) is 7.59. The molecule has 1 aliphatic rings. The van der Waals surface area contributed by atoms with Crippen LogP contribution in [0.5, 0.6) is 0 Å². The van der Waals surface area contributed by atoms with Gasteiger partial charge in [0.25, 0.3) is 0 Å². The molecule has 126 valence electrons. The molecule has 8 heteroatoms. The third-order valence-corrected chi connectivity index (χ3v) is 4.05. The van der Waals surface area contributed by atoms with Crippen molar-refractivity contribution in [1.82, 2.24) is 4.98 Å². The van der Waals surface area contributed by atoms with Crippen LogP contribution in [0.2, 0.25) is 5.02 Å². The summed E-state index contributed by atoms with van der Waals surface area (Å²) in [6, 6.07) is 8.38. The van der Waals surface area contributed by atoms with Gasteiger partial charge in [-0.25, -0.2) is 4.98 Å². The summed E-state index contributed by atoms with van der Waals surface area (Å²) in [6.07, 6.45) is -3.05. The first kappa shape index (κ1) is 16.6. The second-order valence-corrected chi connectivity index (χ2v) is 5.74. The number of nitrogens with one attached hydrogen (secondary N) is 1. The normalized spacial score (nSPS) is 13.8. The second-order valence-electron chi connectivity index (χ2n) is 5.33. The second kappa shape index (κ2) is 6.32. The highest BCUT2D eigenvalue weighted by Crippen LogP contribution is 2.32. The van der Waals surface area contributed by atoms with Crippen LogP contribution in [0.25, 0.3) is 0 Å². The van der Waals surface area contributed by atoms with Crippen molar-refractivity contribution >= 4 is 29.0 Å². The fourth-order valence-electron chi connectivity index (χ4n) is 2.58. The molecule has 2 aromatic rings. The molecule has 0 atom stereocenters. The molecule has 0 fully saturated rings. The van der Waals surface area contributed by atoms with Crippen molar-refractivity contribution in [3.05, 3.63) is 52.7 Å². The third kappa shape index (κ3) is 3.31. The zero-order valence-electron chi connectivity index (χ0n) is 12.4. The predicted molar refractivity (Wildman–Crippen MR) is 85.2 cm³/mol. The van der Waals surface area contributed by atoms with E-state index in [1.165, 1.54) is 0 Å². The number of carbonyl (C=O) groups is 1. The highest BCUT2D eigenvalue weighted by atomic mass is 35.5. The maximum absolute atomic E-state index is 12.6. The molecule has 1 N–H and O–H groups in total. The van der Waals surface area contributed by atoms with E-state index in [-0.39, 0.29) is 23.3 Å². The zero-order chi connectivity index (χ0) is 17.3. The van der Waals surface area contributed by atoms with E-state index in [0.717, 1.165) is 23.7 Å². The number of fused-ring (bicyclic) bond motifs is 1. The van der Waals surface area contributed by atoms with E-state index in [1.54, 1.807) is 4.90 Å². The molecule has 1 aliphatic heterocycles. The fourth-order valence-corrected chi connectivity index (χ4v) is 2.81. The lowest BCUT2D eigenvalue weighted by molar-refractivity contribution is -0.137. The maximum atomic E-state index is 12.6. The van der Waals surface area contributed by atoms with Crippen LogP contribution in [0.1, 0.15) is 11.1 Å². The number of carbonyl (C=O) groups excluding carboxylic acids is 1. The number of alkyl halides is 3. The first-order valence-electron chi connectivity index (χ1n) is 7.21. The number of anilines is 2. The summed E-state index contributed by atoms with van der Waals surface area (Å²) in [7, 11) is 0. The monoisotopic (exact) mass is 355 g/mol. The van der Waals surface area contributed by atoms with Gasteiger partial charge >= 0.3 is 6.18 Å². The number of nitrogens with zero attached hydrogens (tertiary/aromatic N) is 2. The van der Waals surface area contributed by atoms with E-state index in [1.807, 2.05) is 24.3 Å². The van der Waals surface area contributed by atoms with Crippen LogP contribution in [0, 0.1) is 0 Å². The highest BCUT2D eigenvalue weighted by molar-refractivity contribution is 6.33. The van der Waals surface area contributed by atoms with Crippen LogP contribution in [0.3, 0.4) is 0 Å². The number of halogens is 4. The van der Waals surface area contributed by atoms with Crippen LogP contribution in [-0.2, 0) is 17.4 Å². The molecule has 24 heavy (non-hydrogen) atoms. The van der Waals surface area contributed by atoms with Gasteiger partial charge in [-0.15, -0.1) is 0 Å². The van der Waals surface area contributed by atoms with Gasteiger partial charge in [0, 0.05) is 18.4 Å². The van der Waals surface area contributed by atoms with Gasteiger partial charge in [-0.3, -0.25) is 4.79 Å². The summed E-state index contributed by atoms with van der Waals surface area (Å²) >= 11 is 5.81. The molecule has 3 rings (SSSR count). The van der Waals surface area contributed by atoms with E-state index in [2.05, 4.69) is 10.3 Å². The van der Waals surface area contributed by atoms with Crippen molar-refractivity contribution in [2.75, 3.05) is 23.3 Å².